The fourth-order valence-electron chi connectivity index (χ4n) is 1.77. The zero-order valence-electron chi connectivity index (χ0n) is 9.57. The molecule has 0 saturated heterocycles. The molecule has 17 heavy (non-hydrogen) atoms. The highest BCUT2D eigenvalue weighted by atomic mass is 35.5. The third-order valence-corrected chi connectivity index (χ3v) is 2.92. The molecule has 0 fully saturated rings. The van der Waals surface area contributed by atoms with Gasteiger partial charge in [-0.25, -0.2) is 0 Å². The van der Waals surface area contributed by atoms with E-state index in [0.29, 0.717) is 21.4 Å². The van der Waals surface area contributed by atoms with Crippen LogP contribution < -0.4 is 0 Å². The minimum absolute atomic E-state index is 0.123. The lowest BCUT2D eigenvalue weighted by molar-refractivity contribution is 0.0829. The number of phenols is 1. The maximum Gasteiger partial charge on any atom is 0.254 e. The fourth-order valence-corrected chi connectivity index (χ4v) is 2.04. The van der Waals surface area contributed by atoms with E-state index in [9.17, 15) is 9.90 Å². The first-order valence-electron chi connectivity index (χ1n) is 5.14. The first kappa shape index (κ1) is 11.7. The molecule has 0 aromatic heterocycles. The molecule has 0 aliphatic rings. The van der Waals surface area contributed by atoms with Gasteiger partial charge in [-0.05, 0) is 18.2 Å². The van der Waals surface area contributed by atoms with Crippen LogP contribution in [0.1, 0.15) is 10.4 Å². The molecule has 1 amide bonds. The lowest BCUT2D eigenvalue weighted by Crippen LogP contribution is -2.21. The van der Waals surface area contributed by atoms with Gasteiger partial charge in [0.05, 0.1) is 0 Å². The molecule has 0 unspecified atom stereocenters. The van der Waals surface area contributed by atoms with Crippen LogP contribution in [-0.2, 0) is 0 Å². The van der Waals surface area contributed by atoms with Crippen molar-refractivity contribution in [1.29, 1.82) is 0 Å². The maximum absolute atomic E-state index is 12.0. The highest BCUT2D eigenvalue weighted by Crippen LogP contribution is 2.33. The second-order valence-corrected chi connectivity index (χ2v) is 4.40. The Labute approximate surface area is 104 Å². The summed E-state index contributed by atoms with van der Waals surface area (Å²) in [6.45, 7) is 0. The average Bonchev–Trinajstić information content (AvgIpc) is 2.30. The van der Waals surface area contributed by atoms with Crippen molar-refractivity contribution in [2.45, 2.75) is 0 Å². The van der Waals surface area contributed by atoms with Crippen molar-refractivity contribution < 1.29 is 9.90 Å². The molecule has 1 N–H and O–H groups in total. The molecule has 2 aromatic carbocycles. The van der Waals surface area contributed by atoms with Gasteiger partial charge >= 0.3 is 0 Å². The molecule has 0 atom stereocenters. The second kappa shape index (κ2) is 4.26. The van der Waals surface area contributed by atoms with Gasteiger partial charge in [0.2, 0.25) is 0 Å². The number of benzene rings is 2. The van der Waals surface area contributed by atoms with Crippen LogP contribution in [0.4, 0.5) is 0 Å². The Kier molecular flexibility index (Phi) is 2.94. The van der Waals surface area contributed by atoms with E-state index in [4.69, 9.17) is 11.6 Å². The summed E-state index contributed by atoms with van der Waals surface area (Å²) in [5.74, 6) is -0.0130. The molecule has 0 saturated carbocycles. The van der Waals surface area contributed by atoms with E-state index in [2.05, 4.69) is 0 Å². The van der Waals surface area contributed by atoms with Crippen LogP contribution in [0.2, 0.25) is 5.02 Å². The molecule has 3 nitrogen and oxygen atoms in total. The van der Waals surface area contributed by atoms with E-state index < -0.39 is 0 Å². The van der Waals surface area contributed by atoms with E-state index >= 15 is 0 Å². The summed E-state index contributed by atoms with van der Waals surface area (Å²) >= 11 is 6.10. The van der Waals surface area contributed by atoms with Gasteiger partial charge in [0.25, 0.3) is 5.91 Å². The number of rotatable bonds is 1. The summed E-state index contributed by atoms with van der Waals surface area (Å²) in [6, 6.07) is 8.29. The second-order valence-electron chi connectivity index (χ2n) is 3.99. The third-order valence-electron chi connectivity index (χ3n) is 2.60. The molecule has 0 bridgehead atoms. The molecular weight excluding hydrogens is 238 g/mol. The predicted molar refractivity (Wildman–Crippen MR) is 68.6 cm³/mol. The minimum Gasteiger partial charge on any atom is -0.507 e. The van der Waals surface area contributed by atoms with E-state index in [1.807, 2.05) is 0 Å². The summed E-state index contributed by atoms with van der Waals surface area (Å²) in [6.07, 6.45) is 0. The van der Waals surface area contributed by atoms with Gasteiger partial charge in [-0.15, -0.1) is 0 Å². The van der Waals surface area contributed by atoms with Crippen LogP contribution in [0.3, 0.4) is 0 Å². The van der Waals surface area contributed by atoms with E-state index in [0.717, 1.165) is 0 Å². The van der Waals surface area contributed by atoms with Gasteiger partial charge in [0.1, 0.15) is 5.75 Å². The molecule has 88 valence electrons. The van der Waals surface area contributed by atoms with Crippen molar-refractivity contribution in [3.63, 3.8) is 0 Å². The van der Waals surface area contributed by atoms with Gasteiger partial charge in [-0.2, -0.15) is 0 Å². The third kappa shape index (κ3) is 1.94. The number of hydrogen-bond donors (Lipinski definition) is 1. The van der Waals surface area contributed by atoms with E-state index in [1.54, 1.807) is 38.4 Å². The summed E-state index contributed by atoms with van der Waals surface area (Å²) in [5.41, 5.74) is 0.494. The van der Waals surface area contributed by atoms with Crippen molar-refractivity contribution >= 4 is 28.3 Å². The molecule has 0 aliphatic carbocycles. The largest absolute Gasteiger partial charge is 0.507 e. The molecule has 4 heteroatoms. The fraction of sp³-hybridized carbons (Fsp3) is 0.154. The van der Waals surface area contributed by atoms with Crippen LogP contribution in [0, 0.1) is 0 Å². The Morgan fingerprint density at radius 3 is 2.59 bits per heavy atom. The molecule has 0 spiro atoms. The topological polar surface area (TPSA) is 40.5 Å². The number of carbonyl (C=O) groups excluding carboxylic acids is 1. The number of aromatic hydroxyl groups is 1. The summed E-state index contributed by atoms with van der Waals surface area (Å²) < 4.78 is 0. The number of nitrogens with zero attached hydrogens (tertiary/aromatic N) is 1. The van der Waals surface area contributed by atoms with Crippen molar-refractivity contribution in [3.8, 4) is 5.75 Å². The van der Waals surface area contributed by atoms with E-state index in [1.165, 1.54) is 11.0 Å². The van der Waals surface area contributed by atoms with Crippen LogP contribution in [0.15, 0.2) is 30.3 Å². The van der Waals surface area contributed by atoms with Crippen LogP contribution in [-0.4, -0.2) is 30.0 Å². The smallest absolute Gasteiger partial charge is 0.254 e. The Balaban J connectivity index is 2.82. The van der Waals surface area contributed by atoms with Crippen molar-refractivity contribution in [2.75, 3.05) is 14.1 Å². The normalized spacial score (nSPS) is 10.5. The Morgan fingerprint density at radius 2 is 1.94 bits per heavy atom. The summed E-state index contributed by atoms with van der Waals surface area (Å²) in [5, 5.41) is 11.4. The lowest BCUT2D eigenvalue weighted by Gasteiger charge is -2.13. The molecule has 2 rings (SSSR count). The predicted octanol–water partition coefficient (Wildman–Crippen LogP) is 2.90. The highest BCUT2D eigenvalue weighted by Gasteiger charge is 2.15. The minimum atomic E-state index is -0.136. The molecule has 2 aromatic rings. The number of carbonyl (C=O) groups is 1. The number of hydrogen-bond acceptors (Lipinski definition) is 2. The SMILES string of the molecule is CN(C)C(=O)c1ccc(O)c2cccc(Cl)c12. The Morgan fingerprint density at radius 1 is 1.24 bits per heavy atom. The monoisotopic (exact) mass is 249 g/mol. The standard InChI is InChI=1S/C13H12ClNO2/c1-15(2)13(17)9-6-7-11(16)8-4-3-5-10(14)12(8)9/h3-7,16H,1-2H3. The van der Waals surface area contributed by atoms with Gasteiger partial charge in [-0.3, -0.25) is 4.79 Å². The average molecular weight is 250 g/mol. The zero-order valence-corrected chi connectivity index (χ0v) is 10.3. The van der Waals surface area contributed by atoms with Gasteiger partial charge < -0.3 is 10.0 Å². The van der Waals surface area contributed by atoms with Crippen LogP contribution >= 0.6 is 11.6 Å². The molecule has 0 heterocycles. The number of phenolic OH excluding ortho intramolecular Hbond substituents is 1. The van der Waals surface area contributed by atoms with Crippen LogP contribution in [0.5, 0.6) is 5.75 Å². The number of amides is 1. The van der Waals surface area contributed by atoms with Crippen LogP contribution in [0.25, 0.3) is 10.8 Å². The number of halogens is 1. The Hall–Kier alpha value is -1.74. The lowest BCUT2D eigenvalue weighted by atomic mass is 10.0. The zero-order chi connectivity index (χ0) is 12.6. The first-order chi connectivity index (χ1) is 8.02. The highest BCUT2D eigenvalue weighted by molar-refractivity contribution is 6.37. The van der Waals surface area contributed by atoms with Gasteiger partial charge in [0, 0.05) is 35.5 Å². The number of fused-ring (bicyclic) bond motifs is 1. The molecule has 0 radical (unpaired) electrons. The molecular formula is C13H12ClNO2. The summed E-state index contributed by atoms with van der Waals surface area (Å²) in [7, 11) is 3.36. The van der Waals surface area contributed by atoms with E-state index in [-0.39, 0.29) is 11.7 Å². The van der Waals surface area contributed by atoms with Gasteiger partial charge in [0.15, 0.2) is 0 Å². The Bertz CT molecular complexity index is 593. The maximum atomic E-state index is 12.0. The van der Waals surface area contributed by atoms with Gasteiger partial charge in [-0.1, -0.05) is 23.7 Å². The quantitative estimate of drug-likeness (QED) is 0.844. The first-order valence-corrected chi connectivity index (χ1v) is 5.52. The van der Waals surface area contributed by atoms with Crippen molar-refractivity contribution in [3.05, 3.63) is 40.9 Å². The summed E-state index contributed by atoms with van der Waals surface area (Å²) in [4.78, 5) is 13.5. The van der Waals surface area contributed by atoms with Crippen molar-refractivity contribution in [2.24, 2.45) is 0 Å². The molecule has 0 aliphatic heterocycles. The van der Waals surface area contributed by atoms with Crippen molar-refractivity contribution in [1.82, 2.24) is 4.90 Å².